The van der Waals surface area contributed by atoms with Gasteiger partial charge in [0.15, 0.2) is 0 Å². The summed E-state index contributed by atoms with van der Waals surface area (Å²) in [5.74, 6) is -0.0412. The van der Waals surface area contributed by atoms with Gasteiger partial charge in [0.25, 0.3) is 5.91 Å². The Hall–Kier alpha value is -2.43. The lowest BCUT2D eigenvalue weighted by Gasteiger charge is -2.39. The van der Waals surface area contributed by atoms with Gasteiger partial charge in [-0.15, -0.1) is 12.4 Å². The van der Waals surface area contributed by atoms with Crippen LogP contribution in [0.2, 0.25) is 0 Å². The number of fused-ring (bicyclic) bond motifs is 1. The highest BCUT2D eigenvalue weighted by molar-refractivity contribution is 5.92. The van der Waals surface area contributed by atoms with E-state index in [-0.39, 0.29) is 24.2 Å². The van der Waals surface area contributed by atoms with E-state index in [0.717, 1.165) is 16.9 Å². The number of nitrogens with zero attached hydrogens (tertiary/aromatic N) is 3. The van der Waals surface area contributed by atoms with Crippen molar-refractivity contribution < 1.29 is 14.8 Å². The zero-order valence-electron chi connectivity index (χ0n) is 16.5. The van der Waals surface area contributed by atoms with E-state index in [9.17, 15) is 9.59 Å². The van der Waals surface area contributed by atoms with Crippen molar-refractivity contribution in [2.45, 2.75) is 44.7 Å². The minimum atomic E-state index is -1.08. The number of hydrogen-bond acceptors (Lipinski definition) is 7. The summed E-state index contributed by atoms with van der Waals surface area (Å²) in [6.07, 6.45) is 4.57. The van der Waals surface area contributed by atoms with E-state index >= 15 is 0 Å². The number of carbonyl (C=O) groups excluding carboxylic acids is 2. The molecule has 1 aliphatic heterocycles. The van der Waals surface area contributed by atoms with Crippen LogP contribution in [0.25, 0.3) is 11.0 Å². The number of aromatic nitrogens is 3. The molecular formula is C18H28ClN7O3. The first kappa shape index (κ1) is 22.9. The molecule has 160 valence electrons. The highest BCUT2D eigenvalue weighted by atomic mass is 35.5. The van der Waals surface area contributed by atoms with Gasteiger partial charge in [-0.3, -0.25) is 14.8 Å². The van der Waals surface area contributed by atoms with Crippen LogP contribution in [0.3, 0.4) is 0 Å². The maximum Gasteiger partial charge on any atom is 0.265 e. The molecule has 1 aliphatic rings. The molecule has 11 heteroatoms. The Morgan fingerprint density at radius 1 is 1.34 bits per heavy atom. The standard InChI is InChI=1S/C18H27N7O3.ClH/c1-11(2)9-13(16(26)24-28)23-17(27)18(19)4-7-25(8-5-18)15-12-3-6-20-14(12)21-10-22-15;/h3,6,10-11,13,28H,4-5,7-9,19H2,1-2H3,(H,23,27)(H,24,26)(H,20,21,22);1H/t13-;/m0./s1. The van der Waals surface area contributed by atoms with E-state index in [2.05, 4.69) is 25.2 Å². The Morgan fingerprint density at radius 3 is 2.66 bits per heavy atom. The van der Waals surface area contributed by atoms with Crippen LogP contribution in [0.15, 0.2) is 18.6 Å². The number of H-pyrrole nitrogens is 1. The molecule has 3 rings (SSSR count). The molecule has 6 N–H and O–H groups in total. The van der Waals surface area contributed by atoms with E-state index < -0.39 is 17.5 Å². The van der Waals surface area contributed by atoms with Crippen molar-refractivity contribution in [3.8, 4) is 0 Å². The first-order chi connectivity index (χ1) is 13.3. The van der Waals surface area contributed by atoms with Crippen LogP contribution in [0, 0.1) is 5.92 Å². The highest BCUT2D eigenvalue weighted by Gasteiger charge is 2.40. The van der Waals surface area contributed by atoms with Crippen LogP contribution in [0.1, 0.15) is 33.1 Å². The molecule has 0 saturated carbocycles. The number of hydroxylamine groups is 1. The molecule has 2 aromatic heterocycles. The van der Waals surface area contributed by atoms with Gasteiger partial charge in [0.1, 0.15) is 23.8 Å². The second kappa shape index (κ2) is 9.38. The normalized spacial score (nSPS) is 16.9. The van der Waals surface area contributed by atoms with Gasteiger partial charge in [0.05, 0.1) is 10.9 Å². The minimum absolute atomic E-state index is 0. The Kier molecular flexibility index (Phi) is 7.39. The van der Waals surface area contributed by atoms with Crippen LogP contribution in [-0.4, -0.2) is 56.6 Å². The second-order valence-corrected chi connectivity index (χ2v) is 7.71. The highest BCUT2D eigenvalue weighted by Crippen LogP contribution is 2.28. The number of hydrogen-bond donors (Lipinski definition) is 5. The molecule has 3 heterocycles. The predicted octanol–water partition coefficient (Wildman–Crippen LogP) is 0.714. The summed E-state index contributed by atoms with van der Waals surface area (Å²) in [4.78, 5) is 38.4. The molecule has 0 bridgehead atoms. The number of piperidine rings is 1. The van der Waals surface area contributed by atoms with Gasteiger partial charge in [0.2, 0.25) is 5.91 Å². The van der Waals surface area contributed by atoms with Gasteiger partial charge in [-0.1, -0.05) is 13.8 Å². The van der Waals surface area contributed by atoms with Crippen molar-refractivity contribution in [3.05, 3.63) is 18.6 Å². The van der Waals surface area contributed by atoms with Crippen molar-refractivity contribution in [1.82, 2.24) is 25.7 Å². The molecule has 1 fully saturated rings. The molecule has 2 aromatic rings. The number of anilines is 1. The number of amides is 2. The lowest BCUT2D eigenvalue weighted by molar-refractivity contribution is -0.137. The number of carbonyl (C=O) groups is 2. The number of aromatic amines is 1. The third kappa shape index (κ3) is 4.95. The lowest BCUT2D eigenvalue weighted by atomic mass is 9.87. The summed E-state index contributed by atoms with van der Waals surface area (Å²) in [6.45, 7) is 4.98. The maximum absolute atomic E-state index is 12.8. The summed E-state index contributed by atoms with van der Waals surface area (Å²) in [5, 5.41) is 12.6. The molecule has 29 heavy (non-hydrogen) atoms. The largest absolute Gasteiger partial charge is 0.356 e. The maximum atomic E-state index is 12.8. The van der Waals surface area contributed by atoms with Crippen LogP contribution in [0.4, 0.5) is 5.82 Å². The molecule has 1 atom stereocenters. The van der Waals surface area contributed by atoms with E-state index in [1.165, 1.54) is 6.33 Å². The monoisotopic (exact) mass is 425 g/mol. The average Bonchev–Trinajstić information content (AvgIpc) is 3.16. The van der Waals surface area contributed by atoms with Crippen molar-refractivity contribution >= 4 is 41.1 Å². The first-order valence-electron chi connectivity index (χ1n) is 9.41. The lowest BCUT2D eigenvalue weighted by Crippen LogP contribution is -2.62. The summed E-state index contributed by atoms with van der Waals surface area (Å²) < 4.78 is 0. The van der Waals surface area contributed by atoms with Gasteiger partial charge in [-0.2, -0.15) is 0 Å². The second-order valence-electron chi connectivity index (χ2n) is 7.71. The molecular weight excluding hydrogens is 398 g/mol. The molecule has 0 unspecified atom stereocenters. The molecule has 0 aliphatic carbocycles. The fourth-order valence-corrected chi connectivity index (χ4v) is 3.54. The van der Waals surface area contributed by atoms with Crippen LogP contribution in [-0.2, 0) is 9.59 Å². The van der Waals surface area contributed by atoms with Crippen molar-refractivity contribution in [2.75, 3.05) is 18.0 Å². The number of nitrogens with one attached hydrogen (secondary N) is 3. The van der Waals surface area contributed by atoms with Gasteiger partial charge in [-0.05, 0) is 31.2 Å². The molecule has 0 radical (unpaired) electrons. The Balaban J connectivity index is 0.00000300. The molecule has 2 amide bonds. The zero-order valence-corrected chi connectivity index (χ0v) is 17.3. The first-order valence-corrected chi connectivity index (χ1v) is 9.41. The molecule has 10 nitrogen and oxygen atoms in total. The zero-order chi connectivity index (χ0) is 20.3. The minimum Gasteiger partial charge on any atom is -0.356 e. The smallest absolute Gasteiger partial charge is 0.265 e. The van der Waals surface area contributed by atoms with Gasteiger partial charge in [-0.25, -0.2) is 15.4 Å². The average molecular weight is 426 g/mol. The number of halogens is 1. The van der Waals surface area contributed by atoms with Gasteiger partial charge >= 0.3 is 0 Å². The topological polar surface area (TPSA) is 149 Å². The third-order valence-corrected chi connectivity index (χ3v) is 5.18. The fourth-order valence-electron chi connectivity index (χ4n) is 3.54. The van der Waals surface area contributed by atoms with Gasteiger partial charge in [0, 0.05) is 19.3 Å². The Bertz CT molecular complexity index is 849. The summed E-state index contributed by atoms with van der Waals surface area (Å²) in [7, 11) is 0. The molecule has 0 aromatic carbocycles. The third-order valence-electron chi connectivity index (χ3n) is 5.18. The van der Waals surface area contributed by atoms with E-state index in [4.69, 9.17) is 10.9 Å². The quantitative estimate of drug-likeness (QED) is 0.338. The molecule has 1 saturated heterocycles. The van der Waals surface area contributed by atoms with Crippen molar-refractivity contribution in [2.24, 2.45) is 11.7 Å². The van der Waals surface area contributed by atoms with Crippen LogP contribution < -0.4 is 21.4 Å². The van der Waals surface area contributed by atoms with E-state index in [0.29, 0.717) is 32.4 Å². The van der Waals surface area contributed by atoms with E-state index in [1.807, 2.05) is 26.1 Å². The predicted molar refractivity (Wildman–Crippen MR) is 111 cm³/mol. The van der Waals surface area contributed by atoms with Crippen molar-refractivity contribution in [3.63, 3.8) is 0 Å². The number of nitrogens with two attached hydrogens (primary N) is 1. The van der Waals surface area contributed by atoms with E-state index in [1.54, 1.807) is 5.48 Å². The van der Waals surface area contributed by atoms with Crippen LogP contribution in [0.5, 0.6) is 0 Å². The van der Waals surface area contributed by atoms with Crippen molar-refractivity contribution in [1.29, 1.82) is 0 Å². The summed E-state index contributed by atoms with van der Waals surface area (Å²) in [6, 6.07) is 1.10. The SMILES string of the molecule is CC(C)C[C@H](NC(=O)C1(N)CCN(c2ncnc3[nH]ccc23)CC1)C(=O)NO.Cl. The van der Waals surface area contributed by atoms with Crippen LogP contribution >= 0.6 is 12.4 Å². The fraction of sp³-hybridized carbons (Fsp3) is 0.556. The Labute approximate surface area is 175 Å². The number of rotatable bonds is 6. The summed E-state index contributed by atoms with van der Waals surface area (Å²) >= 11 is 0. The summed E-state index contributed by atoms with van der Waals surface area (Å²) in [5.41, 5.74) is 7.68. The Morgan fingerprint density at radius 2 is 2.03 bits per heavy atom. The van der Waals surface area contributed by atoms with Gasteiger partial charge < -0.3 is 20.9 Å². The molecule has 0 spiro atoms.